The first-order chi connectivity index (χ1) is 11.5. The SMILES string of the molecule is Cc1cccc(C=C(CC(=O)N2CC3CC=CCC3C2)C(=O)O)c1. The van der Waals surface area contributed by atoms with E-state index < -0.39 is 5.97 Å². The Balaban J connectivity index is 1.70. The van der Waals surface area contributed by atoms with Gasteiger partial charge >= 0.3 is 5.97 Å². The van der Waals surface area contributed by atoms with Crippen LogP contribution in [0.15, 0.2) is 42.0 Å². The highest BCUT2D eigenvalue weighted by molar-refractivity contribution is 5.98. The minimum absolute atomic E-state index is 0.0455. The highest BCUT2D eigenvalue weighted by Gasteiger charge is 2.35. The highest BCUT2D eigenvalue weighted by atomic mass is 16.4. The monoisotopic (exact) mass is 325 g/mol. The van der Waals surface area contributed by atoms with Crippen molar-refractivity contribution in [2.24, 2.45) is 11.8 Å². The zero-order valence-corrected chi connectivity index (χ0v) is 13.9. The van der Waals surface area contributed by atoms with Gasteiger partial charge in [0, 0.05) is 18.7 Å². The lowest BCUT2D eigenvalue weighted by molar-refractivity contribution is -0.136. The standard InChI is InChI=1S/C20H23NO3/c1-14-5-4-6-15(9-14)10-18(20(23)24)11-19(22)21-12-16-7-2-3-8-17(16)13-21/h2-6,9-10,16-17H,7-8,11-13H2,1H3,(H,23,24). The average molecular weight is 325 g/mol. The molecule has 1 aromatic rings. The van der Waals surface area contributed by atoms with Crippen LogP contribution < -0.4 is 0 Å². The van der Waals surface area contributed by atoms with E-state index in [1.54, 1.807) is 6.08 Å². The molecule has 1 heterocycles. The molecule has 4 nitrogen and oxygen atoms in total. The third-order valence-electron chi connectivity index (χ3n) is 4.97. The largest absolute Gasteiger partial charge is 0.478 e. The smallest absolute Gasteiger partial charge is 0.332 e. The fraction of sp³-hybridized carbons (Fsp3) is 0.400. The van der Waals surface area contributed by atoms with Crippen LogP contribution in [-0.2, 0) is 9.59 Å². The lowest BCUT2D eigenvalue weighted by Gasteiger charge is -2.17. The van der Waals surface area contributed by atoms with E-state index in [4.69, 9.17) is 0 Å². The first-order valence-corrected chi connectivity index (χ1v) is 8.46. The average Bonchev–Trinajstić information content (AvgIpc) is 2.98. The normalized spacial score (nSPS) is 23.2. The van der Waals surface area contributed by atoms with E-state index in [2.05, 4.69) is 12.2 Å². The molecule has 2 unspecified atom stereocenters. The summed E-state index contributed by atoms with van der Waals surface area (Å²) < 4.78 is 0. The second-order valence-corrected chi connectivity index (χ2v) is 6.83. The van der Waals surface area contributed by atoms with E-state index in [0.717, 1.165) is 37.1 Å². The number of carboxylic acids is 1. The summed E-state index contributed by atoms with van der Waals surface area (Å²) in [7, 11) is 0. The second kappa shape index (κ2) is 7.04. The van der Waals surface area contributed by atoms with Crippen LogP contribution in [0.1, 0.15) is 30.4 Å². The molecule has 0 bridgehead atoms. The van der Waals surface area contributed by atoms with Gasteiger partial charge in [-0.3, -0.25) is 4.79 Å². The lowest BCUT2D eigenvalue weighted by Crippen LogP contribution is -2.29. The third kappa shape index (κ3) is 3.75. The fourth-order valence-corrected chi connectivity index (χ4v) is 3.64. The number of nitrogens with zero attached hydrogens (tertiary/aromatic N) is 1. The van der Waals surface area contributed by atoms with Crippen molar-refractivity contribution in [3.63, 3.8) is 0 Å². The number of carbonyl (C=O) groups is 2. The van der Waals surface area contributed by atoms with Crippen LogP contribution >= 0.6 is 0 Å². The summed E-state index contributed by atoms with van der Waals surface area (Å²) in [4.78, 5) is 25.9. The number of rotatable bonds is 4. The topological polar surface area (TPSA) is 57.6 Å². The van der Waals surface area contributed by atoms with Crippen LogP contribution in [0.3, 0.4) is 0 Å². The van der Waals surface area contributed by atoms with Crippen LogP contribution in [0.25, 0.3) is 6.08 Å². The van der Waals surface area contributed by atoms with Crippen molar-refractivity contribution in [2.75, 3.05) is 13.1 Å². The molecule has 1 N–H and O–H groups in total. The van der Waals surface area contributed by atoms with Gasteiger partial charge in [0.15, 0.2) is 0 Å². The van der Waals surface area contributed by atoms with Gasteiger partial charge in [-0.15, -0.1) is 0 Å². The maximum absolute atomic E-state index is 12.6. The van der Waals surface area contributed by atoms with E-state index in [0.29, 0.717) is 11.8 Å². The van der Waals surface area contributed by atoms with Gasteiger partial charge in [0.05, 0.1) is 6.42 Å². The molecule has 126 valence electrons. The summed E-state index contributed by atoms with van der Waals surface area (Å²) in [6.45, 7) is 3.47. The molecule has 1 aliphatic heterocycles. The quantitative estimate of drug-likeness (QED) is 0.683. The van der Waals surface area contributed by atoms with Gasteiger partial charge in [-0.25, -0.2) is 4.79 Å². The van der Waals surface area contributed by atoms with E-state index in [-0.39, 0.29) is 17.9 Å². The van der Waals surface area contributed by atoms with Gasteiger partial charge in [0.25, 0.3) is 0 Å². The molecule has 0 aromatic heterocycles. The molecule has 0 spiro atoms. The zero-order valence-electron chi connectivity index (χ0n) is 13.9. The summed E-state index contributed by atoms with van der Waals surface area (Å²) >= 11 is 0. The number of amides is 1. The molecule has 1 fully saturated rings. The molecule has 1 saturated heterocycles. The molecule has 4 heteroatoms. The number of carboxylic acid groups (broad SMARTS) is 1. The Bertz CT molecular complexity index is 689. The molecule has 1 amide bonds. The number of benzene rings is 1. The van der Waals surface area contributed by atoms with Crippen LogP contribution in [0, 0.1) is 18.8 Å². The molecule has 2 atom stereocenters. The molecule has 3 rings (SSSR count). The van der Waals surface area contributed by atoms with Crippen LogP contribution in [0.2, 0.25) is 0 Å². The van der Waals surface area contributed by atoms with Gasteiger partial charge in [0.1, 0.15) is 0 Å². The Morgan fingerprint density at radius 2 is 1.88 bits per heavy atom. The zero-order chi connectivity index (χ0) is 17.1. The lowest BCUT2D eigenvalue weighted by atomic mass is 9.86. The highest BCUT2D eigenvalue weighted by Crippen LogP contribution is 2.33. The molecule has 24 heavy (non-hydrogen) atoms. The Kier molecular flexibility index (Phi) is 4.84. The van der Waals surface area contributed by atoms with Gasteiger partial charge in [-0.2, -0.15) is 0 Å². The number of hydrogen-bond acceptors (Lipinski definition) is 2. The van der Waals surface area contributed by atoms with E-state index >= 15 is 0 Å². The predicted octanol–water partition coefficient (Wildman–Crippen LogP) is 3.28. The number of likely N-dealkylation sites (tertiary alicyclic amines) is 1. The molecular formula is C20H23NO3. The van der Waals surface area contributed by atoms with Crippen molar-refractivity contribution >= 4 is 18.0 Å². The summed E-state index contributed by atoms with van der Waals surface area (Å²) in [5.41, 5.74) is 2.04. The maximum Gasteiger partial charge on any atom is 0.332 e. The number of hydrogen-bond donors (Lipinski definition) is 1. The first kappa shape index (κ1) is 16.5. The number of aliphatic carboxylic acids is 1. The van der Waals surface area contributed by atoms with Gasteiger partial charge in [-0.1, -0.05) is 42.0 Å². The predicted molar refractivity (Wildman–Crippen MR) is 93.3 cm³/mol. The maximum atomic E-state index is 12.6. The Hall–Kier alpha value is -2.36. The van der Waals surface area contributed by atoms with Crippen molar-refractivity contribution < 1.29 is 14.7 Å². The van der Waals surface area contributed by atoms with Gasteiger partial charge in [-0.05, 0) is 43.2 Å². The fourth-order valence-electron chi connectivity index (χ4n) is 3.64. The van der Waals surface area contributed by atoms with Crippen LogP contribution in [0.4, 0.5) is 0 Å². The van der Waals surface area contributed by atoms with Crippen LogP contribution in [0.5, 0.6) is 0 Å². The van der Waals surface area contributed by atoms with Crippen molar-refractivity contribution in [3.8, 4) is 0 Å². The minimum Gasteiger partial charge on any atom is -0.478 e. The molecule has 2 aliphatic rings. The number of fused-ring (bicyclic) bond motifs is 1. The molecular weight excluding hydrogens is 302 g/mol. The van der Waals surface area contributed by atoms with E-state index in [1.807, 2.05) is 36.1 Å². The van der Waals surface area contributed by atoms with Gasteiger partial charge < -0.3 is 10.0 Å². The number of carbonyl (C=O) groups excluding carboxylic acids is 1. The number of allylic oxidation sites excluding steroid dienone is 2. The van der Waals surface area contributed by atoms with Crippen molar-refractivity contribution in [2.45, 2.75) is 26.2 Å². The summed E-state index contributed by atoms with van der Waals surface area (Å²) in [6, 6.07) is 7.63. The van der Waals surface area contributed by atoms with Crippen molar-refractivity contribution in [3.05, 3.63) is 53.1 Å². The molecule has 0 radical (unpaired) electrons. The molecule has 0 saturated carbocycles. The first-order valence-electron chi connectivity index (χ1n) is 8.46. The van der Waals surface area contributed by atoms with E-state index in [9.17, 15) is 14.7 Å². The van der Waals surface area contributed by atoms with Gasteiger partial charge in [0.2, 0.25) is 5.91 Å². The summed E-state index contributed by atoms with van der Waals surface area (Å²) in [6.07, 6.45) is 8.00. The van der Waals surface area contributed by atoms with Crippen LogP contribution in [-0.4, -0.2) is 35.0 Å². The molecule has 1 aromatic carbocycles. The Morgan fingerprint density at radius 1 is 1.21 bits per heavy atom. The van der Waals surface area contributed by atoms with Crippen molar-refractivity contribution in [1.29, 1.82) is 0 Å². The molecule has 1 aliphatic carbocycles. The third-order valence-corrected chi connectivity index (χ3v) is 4.97. The second-order valence-electron chi connectivity index (χ2n) is 6.83. The minimum atomic E-state index is -1.02. The number of aryl methyl sites for hydroxylation is 1. The summed E-state index contributed by atoms with van der Waals surface area (Å²) in [5, 5.41) is 9.45. The summed E-state index contributed by atoms with van der Waals surface area (Å²) in [5.74, 6) is -0.0326. The Morgan fingerprint density at radius 3 is 2.46 bits per heavy atom. The van der Waals surface area contributed by atoms with Crippen molar-refractivity contribution in [1.82, 2.24) is 4.90 Å². The van der Waals surface area contributed by atoms with E-state index in [1.165, 1.54) is 0 Å². The Labute approximate surface area is 142 Å².